The lowest BCUT2D eigenvalue weighted by molar-refractivity contribution is 0.0958. The smallest absolute Gasteiger partial charge is 0.190 e. The number of Topliss-reactive ketones (excluding diaryl/α,β-unsaturated/α-hetero) is 1. The van der Waals surface area contributed by atoms with Gasteiger partial charge in [-0.1, -0.05) is 12.1 Å². The SMILES string of the molecule is CN(C)CCCN1c2ccccc2C(=O)C12CC2. The van der Waals surface area contributed by atoms with Crippen LogP contribution in [0.25, 0.3) is 0 Å². The highest BCUT2D eigenvalue weighted by molar-refractivity contribution is 6.15. The summed E-state index contributed by atoms with van der Waals surface area (Å²) in [5, 5.41) is 0. The Labute approximate surface area is 108 Å². The molecule has 0 N–H and O–H groups in total. The Hall–Kier alpha value is -1.35. The summed E-state index contributed by atoms with van der Waals surface area (Å²) < 4.78 is 0. The number of ketones is 1. The first-order valence-corrected chi connectivity index (χ1v) is 6.71. The van der Waals surface area contributed by atoms with Crippen molar-refractivity contribution in [3.63, 3.8) is 0 Å². The number of rotatable bonds is 4. The molecule has 0 bridgehead atoms. The predicted molar refractivity (Wildman–Crippen MR) is 73.3 cm³/mol. The molecule has 3 rings (SSSR count). The molecular formula is C15H20N2O. The number of hydrogen-bond acceptors (Lipinski definition) is 3. The zero-order valence-corrected chi connectivity index (χ0v) is 11.1. The number of hydrogen-bond donors (Lipinski definition) is 0. The Morgan fingerprint density at radius 1 is 1.28 bits per heavy atom. The molecule has 1 aromatic carbocycles. The third-order valence-corrected chi connectivity index (χ3v) is 4.09. The van der Waals surface area contributed by atoms with Gasteiger partial charge in [0, 0.05) is 17.8 Å². The number of carbonyl (C=O) groups is 1. The third-order valence-electron chi connectivity index (χ3n) is 4.09. The van der Waals surface area contributed by atoms with Crippen LogP contribution >= 0.6 is 0 Å². The second-order valence-corrected chi connectivity index (χ2v) is 5.69. The first-order chi connectivity index (χ1) is 8.65. The minimum atomic E-state index is -0.157. The number of anilines is 1. The minimum absolute atomic E-state index is 0.157. The van der Waals surface area contributed by atoms with Crippen molar-refractivity contribution in [1.82, 2.24) is 4.90 Å². The summed E-state index contributed by atoms with van der Waals surface area (Å²) in [7, 11) is 4.19. The quantitative estimate of drug-likeness (QED) is 0.811. The Morgan fingerprint density at radius 3 is 2.67 bits per heavy atom. The zero-order valence-electron chi connectivity index (χ0n) is 11.1. The Balaban J connectivity index is 1.82. The van der Waals surface area contributed by atoms with Gasteiger partial charge >= 0.3 is 0 Å². The minimum Gasteiger partial charge on any atom is -0.358 e. The fraction of sp³-hybridized carbons (Fsp3) is 0.533. The Morgan fingerprint density at radius 2 is 2.00 bits per heavy atom. The van der Waals surface area contributed by atoms with E-state index in [2.05, 4.69) is 30.0 Å². The van der Waals surface area contributed by atoms with Crippen LogP contribution in [-0.4, -0.2) is 43.4 Å². The summed E-state index contributed by atoms with van der Waals surface area (Å²) >= 11 is 0. The van der Waals surface area contributed by atoms with Crippen LogP contribution in [0.1, 0.15) is 29.6 Å². The lowest BCUT2D eigenvalue weighted by Gasteiger charge is -2.26. The van der Waals surface area contributed by atoms with Crippen molar-refractivity contribution in [2.24, 2.45) is 0 Å². The van der Waals surface area contributed by atoms with E-state index in [-0.39, 0.29) is 5.54 Å². The number of benzene rings is 1. The van der Waals surface area contributed by atoms with Gasteiger partial charge in [0.25, 0.3) is 0 Å². The zero-order chi connectivity index (χ0) is 12.8. The van der Waals surface area contributed by atoms with E-state index in [9.17, 15) is 4.79 Å². The molecule has 0 amide bonds. The molecule has 0 atom stereocenters. The lowest BCUT2D eigenvalue weighted by atomic mass is 10.1. The summed E-state index contributed by atoms with van der Waals surface area (Å²) in [5.74, 6) is 0.350. The monoisotopic (exact) mass is 244 g/mol. The molecule has 1 aliphatic heterocycles. The number of fused-ring (bicyclic) bond motifs is 1. The van der Waals surface area contributed by atoms with Gasteiger partial charge in [-0.25, -0.2) is 0 Å². The number of carbonyl (C=O) groups excluding carboxylic acids is 1. The van der Waals surface area contributed by atoms with Crippen molar-refractivity contribution in [3.05, 3.63) is 29.8 Å². The molecule has 96 valence electrons. The Bertz CT molecular complexity index is 477. The molecule has 0 unspecified atom stereocenters. The standard InChI is InChI=1S/C15H20N2O/c1-16(2)10-5-11-17-13-7-4-3-6-12(13)14(18)15(17)8-9-15/h3-4,6-7H,5,8-11H2,1-2H3. The van der Waals surface area contributed by atoms with Gasteiger partial charge in [-0.15, -0.1) is 0 Å². The van der Waals surface area contributed by atoms with Crippen LogP contribution in [0.15, 0.2) is 24.3 Å². The summed E-state index contributed by atoms with van der Waals surface area (Å²) in [6.07, 6.45) is 3.17. The van der Waals surface area contributed by atoms with Crippen LogP contribution < -0.4 is 4.90 Å². The van der Waals surface area contributed by atoms with Crippen molar-refractivity contribution in [2.75, 3.05) is 32.1 Å². The maximum atomic E-state index is 12.4. The molecule has 18 heavy (non-hydrogen) atoms. The van der Waals surface area contributed by atoms with E-state index in [0.29, 0.717) is 5.78 Å². The molecule has 2 aliphatic rings. The average Bonchev–Trinajstić information content (AvgIpc) is 3.11. The van der Waals surface area contributed by atoms with Crippen LogP contribution in [0.3, 0.4) is 0 Å². The van der Waals surface area contributed by atoms with E-state index >= 15 is 0 Å². The predicted octanol–water partition coefficient (Wildman–Crippen LogP) is 2.17. The van der Waals surface area contributed by atoms with E-state index in [1.807, 2.05) is 18.2 Å². The fourth-order valence-corrected chi connectivity index (χ4v) is 3.00. The molecule has 0 radical (unpaired) electrons. The molecule has 1 aromatic rings. The van der Waals surface area contributed by atoms with E-state index in [1.165, 1.54) is 0 Å². The molecule has 1 heterocycles. The second kappa shape index (κ2) is 4.09. The topological polar surface area (TPSA) is 23.6 Å². The van der Waals surface area contributed by atoms with Crippen molar-refractivity contribution in [2.45, 2.75) is 24.8 Å². The first-order valence-electron chi connectivity index (χ1n) is 6.71. The fourth-order valence-electron chi connectivity index (χ4n) is 3.00. The van der Waals surface area contributed by atoms with E-state index < -0.39 is 0 Å². The maximum absolute atomic E-state index is 12.4. The summed E-state index contributed by atoms with van der Waals surface area (Å²) in [4.78, 5) is 17.0. The van der Waals surface area contributed by atoms with Gasteiger partial charge < -0.3 is 9.80 Å². The van der Waals surface area contributed by atoms with E-state index in [4.69, 9.17) is 0 Å². The molecule has 3 heteroatoms. The highest BCUT2D eigenvalue weighted by atomic mass is 16.1. The summed E-state index contributed by atoms with van der Waals surface area (Å²) in [6.45, 7) is 2.06. The number of nitrogens with zero attached hydrogens (tertiary/aromatic N) is 2. The van der Waals surface area contributed by atoms with E-state index in [1.54, 1.807) is 0 Å². The summed E-state index contributed by atoms with van der Waals surface area (Å²) in [6, 6.07) is 8.07. The van der Waals surface area contributed by atoms with Gasteiger partial charge in [-0.2, -0.15) is 0 Å². The van der Waals surface area contributed by atoms with Gasteiger partial charge in [0.1, 0.15) is 5.54 Å². The van der Waals surface area contributed by atoms with Crippen molar-refractivity contribution < 1.29 is 4.79 Å². The molecule has 3 nitrogen and oxygen atoms in total. The first kappa shape index (κ1) is 11.7. The second-order valence-electron chi connectivity index (χ2n) is 5.69. The van der Waals surface area contributed by atoms with E-state index in [0.717, 1.165) is 43.6 Å². The third kappa shape index (κ3) is 1.65. The van der Waals surface area contributed by atoms with Crippen molar-refractivity contribution in [3.8, 4) is 0 Å². The maximum Gasteiger partial charge on any atom is 0.190 e. The van der Waals surface area contributed by atoms with Crippen LogP contribution in [0.4, 0.5) is 5.69 Å². The Kier molecular flexibility index (Phi) is 2.67. The average molecular weight is 244 g/mol. The highest BCUT2D eigenvalue weighted by Gasteiger charge is 2.59. The van der Waals surface area contributed by atoms with Gasteiger partial charge in [0.2, 0.25) is 0 Å². The molecule has 1 fully saturated rings. The molecular weight excluding hydrogens is 224 g/mol. The summed E-state index contributed by atoms with van der Waals surface area (Å²) in [5.41, 5.74) is 1.93. The number of para-hydroxylation sites is 1. The van der Waals surface area contributed by atoms with Gasteiger partial charge in [0.05, 0.1) is 0 Å². The van der Waals surface area contributed by atoms with Gasteiger partial charge in [-0.05, 0) is 52.0 Å². The van der Waals surface area contributed by atoms with Crippen LogP contribution in [-0.2, 0) is 0 Å². The van der Waals surface area contributed by atoms with Crippen LogP contribution in [0.2, 0.25) is 0 Å². The largest absolute Gasteiger partial charge is 0.358 e. The van der Waals surface area contributed by atoms with Gasteiger partial charge in [-0.3, -0.25) is 4.79 Å². The van der Waals surface area contributed by atoms with Crippen LogP contribution in [0, 0.1) is 0 Å². The molecule has 0 aromatic heterocycles. The van der Waals surface area contributed by atoms with Crippen LogP contribution in [0.5, 0.6) is 0 Å². The van der Waals surface area contributed by atoms with Crippen molar-refractivity contribution in [1.29, 1.82) is 0 Å². The van der Waals surface area contributed by atoms with Crippen molar-refractivity contribution >= 4 is 11.5 Å². The highest BCUT2D eigenvalue weighted by Crippen LogP contribution is 2.52. The van der Waals surface area contributed by atoms with Gasteiger partial charge in [0.15, 0.2) is 5.78 Å². The molecule has 1 spiro atoms. The normalized spacial score (nSPS) is 19.7. The molecule has 1 saturated carbocycles. The lowest BCUT2D eigenvalue weighted by Crippen LogP contribution is -2.39. The molecule has 1 aliphatic carbocycles. The molecule has 0 saturated heterocycles.